The molecule has 2 nitrogen and oxygen atoms in total. The van der Waals surface area contributed by atoms with Crippen LogP contribution in [-0.2, 0) is 0 Å². The molecule has 0 N–H and O–H groups in total. The summed E-state index contributed by atoms with van der Waals surface area (Å²) in [5.74, 6) is 0.873. The van der Waals surface area contributed by atoms with E-state index in [4.69, 9.17) is 4.74 Å². The van der Waals surface area contributed by atoms with Gasteiger partial charge in [0, 0.05) is 10.4 Å². The Morgan fingerprint density at radius 1 is 1.27 bits per heavy atom. The van der Waals surface area contributed by atoms with Gasteiger partial charge in [-0.25, -0.2) is 4.98 Å². The van der Waals surface area contributed by atoms with Crippen molar-refractivity contribution in [1.29, 1.82) is 0 Å². The van der Waals surface area contributed by atoms with Gasteiger partial charge in [-0.15, -0.1) is 11.3 Å². The Bertz CT molecular complexity index is 476. The lowest BCUT2D eigenvalue weighted by Gasteiger charge is -2.02. The molecule has 0 aliphatic carbocycles. The summed E-state index contributed by atoms with van der Waals surface area (Å²) in [6.07, 6.45) is 0. The number of methoxy groups -OCH3 is 1. The highest BCUT2D eigenvalue weighted by Gasteiger charge is 2.07. The first-order chi connectivity index (χ1) is 7.20. The Morgan fingerprint density at radius 2 is 2.07 bits per heavy atom. The van der Waals surface area contributed by atoms with Crippen LogP contribution in [-0.4, -0.2) is 12.1 Å². The molecule has 2 aromatic rings. The smallest absolute Gasteiger partial charge is 0.119 e. The molecule has 0 atom stereocenters. The van der Waals surface area contributed by atoms with E-state index in [1.807, 2.05) is 25.1 Å². The summed E-state index contributed by atoms with van der Waals surface area (Å²) >= 11 is 1.73. The largest absolute Gasteiger partial charge is 0.497 e. The fourth-order valence-electron chi connectivity index (χ4n) is 1.57. The molecule has 0 saturated heterocycles. The first-order valence-corrected chi connectivity index (χ1v) is 5.61. The van der Waals surface area contributed by atoms with E-state index in [0.29, 0.717) is 0 Å². The molecule has 1 aromatic carbocycles. The summed E-state index contributed by atoms with van der Waals surface area (Å²) in [5, 5.41) is 1.10. The van der Waals surface area contributed by atoms with Gasteiger partial charge in [-0.2, -0.15) is 0 Å². The molecular formula is C12H13NOS. The Morgan fingerprint density at radius 3 is 2.67 bits per heavy atom. The van der Waals surface area contributed by atoms with E-state index in [0.717, 1.165) is 22.0 Å². The molecule has 0 bridgehead atoms. The zero-order valence-corrected chi connectivity index (χ0v) is 9.89. The minimum atomic E-state index is 0.873. The van der Waals surface area contributed by atoms with Gasteiger partial charge in [-0.05, 0) is 26.0 Å². The van der Waals surface area contributed by atoms with Crippen LogP contribution < -0.4 is 4.74 Å². The number of hydrogen-bond donors (Lipinski definition) is 0. The highest BCUT2D eigenvalue weighted by Crippen LogP contribution is 2.29. The molecule has 0 aliphatic heterocycles. The first kappa shape index (κ1) is 10.2. The molecule has 0 amide bonds. The minimum absolute atomic E-state index is 0.873. The molecular weight excluding hydrogens is 206 g/mol. The Labute approximate surface area is 93.6 Å². The van der Waals surface area contributed by atoms with E-state index in [1.165, 1.54) is 4.88 Å². The number of hydrogen-bond acceptors (Lipinski definition) is 3. The van der Waals surface area contributed by atoms with E-state index in [-0.39, 0.29) is 0 Å². The average molecular weight is 219 g/mol. The number of thiazole rings is 1. The van der Waals surface area contributed by atoms with Gasteiger partial charge in [0.2, 0.25) is 0 Å². The second-order valence-corrected chi connectivity index (χ2v) is 4.78. The molecule has 3 heteroatoms. The van der Waals surface area contributed by atoms with Crippen molar-refractivity contribution in [3.8, 4) is 17.0 Å². The van der Waals surface area contributed by atoms with Crippen LogP contribution in [0.25, 0.3) is 11.3 Å². The molecule has 15 heavy (non-hydrogen) atoms. The molecule has 78 valence electrons. The van der Waals surface area contributed by atoms with Crippen molar-refractivity contribution in [3.05, 3.63) is 34.2 Å². The van der Waals surface area contributed by atoms with E-state index in [9.17, 15) is 0 Å². The van der Waals surface area contributed by atoms with Crippen LogP contribution in [0.4, 0.5) is 0 Å². The zero-order chi connectivity index (χ0) is 10.8. The number of rotatable bonds is 2. The van der Waals surface area contributed by atoms with Crippen molar-refractivity contribution in [3.63, 3.8) is 0 Å². The van der Waals surface area contributed by atoms with E-state index in [2.05, 4.69) is 18.0 Å². The number of aryl methyl sites for hydroxylation is 2. The molecule has 0 fully saturated rings. The molecule has 0 aliphatic rings. The second-order valence-electron chi connectivity index (χ2n) is 3.37. The molecule has 0 spiro atoms. The third-order valence-electron chi connectivity index (χ3n) is 2.25. The van der Waals surface area contributed by atoms with Crippen LogP contribution in [0.15, 0.2) is 24.3 Å². The molecule has 0 unspecified atom stereocenters. The van der Waals surface area contributed by atoms with E-state index in [1.54, 1.807) is 18.4 Å². The summed E-state index contributed by atoms with van der Waals surface area (Å²) in [5.41, 5.74) is 2.19. The van der Waals surface area contributed by atoms with E-state index < -0.39 is 0 Å². The van der Waals surface area contributed by atoms with Gasteiger partial charge < -0.3 is 4.74 Å². The van der Waals surface area contributed by atoms with Gasteiger partial charge in [0.25, 0.3) is 0 Å². The highest BCUT2D eigenvalue weighted by atomic mass is 32.1. The van der Waals surface area contributed by atoms with Crippen molar-refractivity contribution < 1.29 is 4.74 Å². The summed E-state index contributed by atoms with van der Waals surface area (Å²) in [6.45, 7) is 4.13. The predicted octanol–water partition coefficient (Wildman–Crippen LogP) is 3.44. The number of ether oxygens (including phenoxy) is 1. The average Bonchev–Trinajstić information content (AvgIpc) is 2.58. The number of aromatic nitrogens is 1. The van der Waals surface area contributed by atoms with Gasteiger partial charge in [-0.3, -0.25) is 0 Å². The quantitative estimate of drug-likeness (QED) is 0.772. The highest BCUT2D eigenvalue weighted by molar-refractivity contribution is 7.11. The fraction of sp³-hybridized carbons (Fsp3) is 0.250. The lowest BCUT2D eigenvalue weighted by atomic mass is 10.1. The third-order valence-corrected chi connectivity index (χ3v) is 3.13. The second kappa shape index (κ2) is 4.03. The van der Waals surface area contributed by atoms with Crippen LogP contribution >= 0.6 is 11.3 Å². The Hall–Kier alpha value is -1.35. The summed E-state index contributed by atoms with van der Waals surface area (Å²) in [6, 6.07) is 8.01. The normalized spacial score (nSPS) is 10.3. The van der Waals surface area contributed by atoms with Gasteiger partial charge in [0.1, 0.15) is 5.75 Å². The van der Waals surface area contributed by atoms with E-state index >= 15 is 0 Å². The lowest BCUT2D eigenvalue weighted by Crippen LogP contribution is -1.85. The summed E-state index contributed by atoms with van der Waals surface area (Å²) < 4.78 is 5.20. The van der Waals surface area contributed by atoms with Gasteiger partial charge in [-0.1, -0.05) is 12.1 Å². The molecule has 1 aromatic heterocycles. The van der Waals surface area contributed by atoms with Crippen LogP contribution in [0.2, 0.25) is 0 Å². The van der Waals surface area contributed by atoms with Crippen LogP contribution in [0.3, 0.4) is 0 Å². The molecule has 1 heterocycles. The Kier molecular flexibility index (Phi) is 2.73. The maximum absolute atomic E-state index is 5.20. The van der Waals surface area contributed by atoms with Crippen molar-refractivity contribution in [1.82, 2.24) is 4.98 Å². The summed E-state index contributed by atoms with van der Waals surface area (Å²) in [7, 11) is 1.68. The maximum Gasteiger partial charge on any atom is 0.119 e. The number of benzene rings is 1. The van der Waals surface area contributed by atoms with Crippen molar-refractivity contribution >= 4 is 11.3 Å². The number of nitrogens with zero attached hydrogens (tertiary/aromatic N) is 1. The van der Waals surface area contributed by atoms with Crippen LogP contribution in [0.1, 0.15) is 9.88 Å². The monoisotopic (exact) mass is 219 g/mol. The zero-order valence-electron chi connectivity index (χ0n) is 9.07. The third kappa shape index (κ3) is 2.02. The molecule has 0 radical (unpaired) electrons. The van der Waals surface area contributed by atoms with Crippen molar-refractivity contribution in [2.24, 2.45) is 0 Å². The molecule has 2 rings (SSSR count). The predicted molar refractivity (Wildman–Crippen MR) is 63.6 cm³/mol. The lowest BCUT2D eigenvalue weighted by molar-refractivity contribution is 0.415. The van der Waals surface area contributed by atoms with Gasteiger partial charge >= 0.3 is 0 Å². The summed E-state index contributed by atoms with van der Waals surface area (Å²) in [4.78, 5) is 5.77. The van der Waals surface area contributed by atoms with Crippen molar-refractivity contribution in [2.45, 2.75) is 13.8 Å². The maximum atomic E-state index is 5.20. The van der Waals surface area contributed by atoms with Crippen LogP contribution in [0, 0.1) is 13.8 Å². The minimum Gasteiger partial charge on any atom is -0.497 e. The van der Waals surface area contributed by atoms with Gasteiger partial charge in [0.15, 0.2) is 0 Å². The van der Waals surface area contributed by atoms with Crippen molar-refractivity contribution in [2.75, 3.05) is 7.11 Å². The standard InChI is InChI=1S/C12H13NOS/c1-8-12(13-9(2)15-8)10-5-4-6-11(7-10)14-3/h4-7H,1-3H3. The topological polar surface area (TPSA) is 22.1 Å². The fourth-order valence-corrected chi connectivity index (χ4v) is 2.41. The molecule has 0 saturated carbocycles. The SMILES string of the molecule is COc1cccc(-c2nc(C)sc2C)c1. The Balaban J connectivity index is 2.49. The van der Waals surface area contributed by atoms with Crippen LogP contribution in [0.5, 0.6) is 5.75 Å². The van der Waals surface area contributed by atoms with Gasteiger partial charge in [0.05, 0.1) is 17.8 Å². The first-order valence-electron chi connectivity index (χ1n) is 4.79.